The second-order valence-corrected chi connectivity index (χ2v) is 7.05. The van der Waals surface area contributed by atoms with Crippen LogP contribution >= 0.6 is 11.3 Å². The molecule has 0 atom stereocenters. The number of hydrogen-bond acceptors (Lipinski definition) is 3. The van der Waals surface area contributed by atoms with Gasteiger partial charge in [0.25, 0.3) is 0 Å². The summed E-state index contributed by atoms with van der Waals surface area (Å²) in [5.41, 5.74) is 3.85. The van der Waals surface area contributed by atoms with Gasteiger partial charge in [-0.15, -0.1) is 11.3 Å². The average molecular weight is 328 g/mol. The predicted molar refractivity (Wildman–Crippen MR) is 98.8 cm³/mol. The number of hydrogen-bond donors (Lipinski definition) is 1. The van der Waals surface area contributed by atoms with Crippen LogP contribution in [-0.2, 0) is 12.8 Å². The second-order valence-electron chi connectivity index (χ2n) is 5.76. The molecule has 0 radical (unpaired) electrons. The Kier molecular flexibility index (Phi) is 4.96. The minimum absolute atomic E-state index is 0.795. The lowest BCUT2D eigenvalue weighted by Crippen LogP contribution is -2.40. The third-order valence-electron chi connectivity index (χ3n) is 4.08. The van der Waals surface area contributed by atoms with Crippen molar-refractivity contribution in [2.45, 2.75) is 33.6 Å². The van der Waals surface area contributed by atoms with Crippen molar-refractivity contribution >= 4 is 23.0 Å². The predicted octanol–water partition coefficient (Wildman–Crippen LogP) is 3.33. The lowest BCUT2D eigenvalue weighted by molar-refractivity contribution is 0.872. The lowest BCUT2D eigenvalue weighted by atomic mass is 10.2. The highest BCUT2D eigenvalue weighted by Gasteiger charge is 2.22. The van der Waals surface area contributed by atoms with Gasteiger partial charge in [-0.3, -0.25) is 4.99 Å². The van der Waals surface area contributed by atoms with E-state index in [1.54, 1.807) is 11.3 Å². The largest absolute Gasteiger partial charge is 0.356 e. The van der Waals surface area contributed by atoms with E-state index in [9.17, 15) is 0 Å². The molecule has 0 saturated carbocycles. The van der Waals surface area contributed by atoms with Gasteiger partial charge < -0.3 is 10.2 Å². The van der Waals surface area contributed by atoms with Crippen LogP contribution in [0, 0.1) is 13.8 Å². The molecule has 1 aliphatic rings. The van der Waals surface area contributed by atoms with Gasteiger partial charge in [-0.05, 0) is 38.8 Å². The van der Waals surface area contributed by atoms with E-state index in [0.717, 1.165) is 49.1 Å². The van der Waals surface area contributed by atoms with Crippen molar-refractivity contribution in [1.29, 1.82) is 0 Å². The zero-order chi connectivity index (χ0) is 16.2. The Labute approximate surface area is 142 Å². The van der Waals surface area contributed by atoms with Crippen LogP contribution in [0.3, 0.4) is 0 Å². The fourth-order valence-corrected chi connectivity index (χ4v) is 3.95. The molecule has 23 heavy (non-hydrogen) atoms. The van der Waals surface area contributed by atoms with Crippen LogP contribution in [0.4, 0.5) is 5.69 Å². The number of aromatic nitrogens is 1. The Morgan fingerprint density at radius 1 is 1.35 bits per heavy atom. The molecule has 1 aliphatic heterocycles. The molecule has 0 bridgehead atoms. The summed E-state index contributed by atoms with van der Waals surface area (Å²) in [4.78, 5) is 13.0. The molecule has 0 saturated heterocycles. The maximum absolute atomic E-state index is 4.85. The second kappa shape index (κ2) is 7.13. The summed E-state index contributed by atoms with van der Waals surface area (Å²) in [5.74, 6) is 0.997. The van der Waals surface area contributed by atoms with E-state index in [1.165, 1.54) is 16.1 Å². The van der Waals surface area contributed by atoms with Crippen LogP contribution in [0.25, 0.3) is 0 Å². The summed E-state index contributed by atoms with van der Waals surface area (Å²) >= 11 is 1.79. The molecule has 2 heterocycles. The number of aryl methyl sites for hydroxylation is 2. The van der Waals surface area contributed by atoms with E-state index < -0.39 is 0 Å². The number of aliphatic imine (C=N–C) groups is 1. The summed E-state index contributed by atoms with van der Waals surface area (Å²) in [6.07, 6.45) is 2.05. The minimum atomic E-state index is 0.795. The van der Waals surface area contributed by atoms with Crippen LogP contribution in [0.5, 0.6) is 0 Å². The quantitative estimate of drug-likeness (QED) is 0.691. The van der Waals surface area contributed by atoms with Gasteiger partial charge in [-0.1, -0.05) is 18.2 Å². The fourth-order valence-electron chi connectivity index (χ4n) is 3.02. The lowest BCUT2D eigenvalue weighted by Gasteiger charge is -2.22. The highest BCUT2D eigenvalue weighted by atomic mass is 32.1. The monoisotopic (exact) mass is 328 g/mol. The van der Waals surface area contributed by atoms with E-state index in [1.807, 2.05) is 0 Å². The van der Waals surface area contributed by atoms with E-state index >= 15 is 0 Å². The molecule has 2 aromatic rings. The molecule has 122 valence electrons. The molecular weight excluding hydrogens is 304 g/mol. The Bertz CT molecular complexity index is 705. The molecule has 4 nitrogen and oxygen atoms in total. The van der Waals surface area contributed by atoms with Gasteiger partial charge in [0.2, 0.25) is 0 Å². The summed E-state index contributed by atoms with van der Waals surface area (Å²) in [7, 11) is 0. The number of rotatable bonds is 4. The van der Waals surface area contributed by atoms with Gasteiger partial charge in [-0.25, -0.2) is 4.98 Å². The number of thiazole rings is 1. The topological polar surface area (TPSA) is 40.5 Å². The summed E-state index contributed by atoms with van der Waals surface area (Å²) < 4.78 is 0. The highest BCUT2D eigenvalue weighted by molar-refractivity contribution is 7.11. The summed E-state index contributed by atoms with van der Waals surface area (Å²) in [5, 5.41) is 4.58. The van der Waals surface area contributed by atoms with E-state index in [-0.39, 0.29) is 0 Å². The van der Waals surface area contributed by atoms with Crippen LogP contribution < -0.4 is 10.2 Å². The van der Waals surface area contributed by atoms with Crippen molar-refractivity contribution in [3.8, 4) is 0 Å². The Morgan fingerprint density at radius 3 is 2.91 bits per heavy atom. The number of para-hydroxylation sites is 1. The van der Waals surface area contributed by atoms with E-state index in [0.29, 0.717) is 0 Å². The molecule has 1 aromatic carbocycles. The van der Waals surface area contributed by atoms with Crippen LogP contribution in [0.15, 0.2) is 29.3 Å². The molecular formula is C18H24N4S. The Balaban J connectivity index is 1.73. The van der Waals surface area contributed by atoms with Crippen LogP contribution in [0.1, 0.15) is 28.1 Å². The third kappa shape index (κ3) is 3.55. The van der Waals surface area contributed by atoms with Gasteiger partial charge in [0.15, 0.2) is 5.96 Å². The smallest absolute Gasteiger partial charge is 0.198 e. The first-order valence-electron chi connectivity index (χ1n) is 8.25. The normalized spacial score (nSPS) is 14.2. The summed E-state index contributed by atoms with van der Waals surface area (Å²) in [6.45, 7) is 8.96. The standard InChI is InChI=1S/C18H24N4S/c1-4-19-18(20-11-9-17-13(2)21-14(3)23-17)22-12-10-15-7-5-6-8-16(15)22/h5-8H,4,9-12H2,1-3H3,(H,19,20). The van der Waals surface area contributed by atoms with E-state index in [2.05, 4.69) is 60.2 Å². The molecule has 0 spiro atoms. The molecule has 0 unspecified atom stereocenters. The number of fused-ring (bicyclic) bond motifs is 1. The number of nitrogens with one attached hydrogen (secondary N) is 1. The maximum Gasteiger partial charge on any atom is 0.198 e. The van der Waals surface area contributed by atoms with Gasteiger partial charge in [0, 0.05) is 36.6 Å². The molecule has 0 fully saturated rings. The average Bonchev–Trinajstić information content (AvgIpc) is 3.10. The molecule has 0 amide bonds. The number of guanidine groups is 1. The van der Waals surface area contributed by atoms with Crippen molar-refractivity contribution in [3.63, 3.8) is 0 Å². The van der Waals surface area contributed by atoms with Crippen molar-refractivity contribution in [3.05, 3.63) is 45.4 Å². The van der Waals surface area contributed by atoms with Crippen LogP contribution in [-0.4, -0.2) is 30.6 Å². The minimum Gasteiger partial charge on any atom is -0.356 e. The van der Waals surface area contributed by atoms with Gasteiger partial charge in [0.05, 0.1) is 10.7 Å². The Morgan fingerprint density at radius 2 is 2.17 bits per heavy atom. The van der Waals surface area contributed by atoms with Crippen LogP contribution in [0.2, 0.25) is 0 Å². The molecule has 5 heteroatoms. The number of benzene rings is 1. The number of nitrogens with zero attached hydrogens (tertiary/aromatic N) is 3. The molecule has 3 rings (SSSR count). The van der Waals surface area contributed by atoms with Gasteiger partial charge >= 0.3 is 0 Å². The summed E-state index contributed by atoms with van der Waals surface area (Å²) in [6, 6.07) is 8.61. The zero-order valence-electron chi connectivity index (χ0n) is 14.1. The first kappa shape index (κ1) is 16.0. The van der Waals surface area contributed by atoms with Gasteiger partial charge in [-0.2, -0.15) is 0 Å². The molecule has 0 aliphatic carbocycles. The zero-order valence-corrected chi connectivity index (χ0v) is 14.9. The Hall–Kier alpha value is -1.88. The van der Waals surface area contributed by atoms with E-state index in [4.69, 9.17) is 4.99 Å². The fraction of sp³-hybridized carbons (Fsp3) is 0.444. The maximum atomic E-state index is 4.85. The third-order valence-corrected chi connectivity index (χ3v) is 5.21. The first-order chi connectivity index (χ1) is 11.2. The highest BCUT2D eigenvalue weighted by Crippen LogP contribution is 2.27. The SMILES string of the molecule is CCNC(=NCCc1sc(C)nc1C)N1CCc2ccccc21. The molecule has 1 aromatic heterocycles. The van der Waals surface area contributed by atoms with Gasteiger partial charge in [0.1, 0.15) is 0 Å². The number of anilines is 1. The van der Waals surface area contributed by atoms with Crippen molar-refractivity contribution in [1.82, 2.24) is 10.3 Å². The van der Waals surface area contributed by atoms with Crippen molar-refractivity contribution in [2.24, 2.45) is 4.99 Å². The molecule has 1 N–H and O–H groups in total. The van der Waals surface area contributed by atoms with Crippen molar-refractivity contribution in [2.75, 3.05) is 24.5 Å². The van der Waals surface area contributed by atoms with Crippen molar-refractivity contribution < 1.29 is 0 Å². The first-order valence-corrected chi connectivity index (χ1v) is 9.07.